The summed E-state index contributed by atoms with van der Waals surface area (Å²) in [5.41, 5.74) is 1.88. The molecule has 0 aliphatic carbocycles. The quantitative estimate of drug-likeness (QED) is 0.783. The van der Waals surface area contributed by atoms with E-state index in [0.717, 1.165) is 11.3 Å². The van der Waals surface area contributed by atoms with E-state index in [1.54, 1.807) is 0 Å². The average molecular weight is 369 g/mol. The second kappa shape index (κ2) is 8.75. The minimum absolute atomic E-state index is 0.0781. The lowest BCUT2D eigenvalue weighted by Gasteiger charge is -2.35. The van der Waals surface area contributed by atoms with Crippen LogP contribution in [0.25, 0.3) is 0 Å². The van der Waals surface area contributed by atoms with Crippen molar-refractivity contribution < 1.29 is 13.2 Å². The van der Waals surface area contributed by atoms with Crippen LogP contribution >= 0.6 is 0 Å². The van der Waals surface area contributed by atoms with Crippen LogP contribution < -0.4 is 5.32 Å². The Labute approximate surface area is 150 Å². The molecular weight excluding hydrogens is 340 g/mol. The lowest BCUT2D eigenvalue weighted by Crippen LogP contribution is -2.54. The lowest BCUT2D eigenvalue weighted by molar-refractivity contribution is -0.117. The number of carbonyl (C=O) groups excluding carboxylic acids is 1. The van der Waals surface area contributed by atoms with Crippen LogP contribution in [-0.4, -0.2) is 73.6 Å². The molecule has 1 N–H and O–H groups in total. The fourth-order valence-corrected chi connectivity index (χ4v) is 4.56. The number of aryl methyl sites for hydroxylation is 1. The standard InChI is InChI=1S/C17H28N4O3S/c1-4-20(5-2)25(23,24)21-11-9-19(10-12-21)14-17(22)18-16-8-6-7-15(3)13-16/h6-8,13H,4-5,9-12,14H2,1-3H3,(H,18,22). The minimum Gasteiger partial charge on any atom is -0.325 e. The van der Waals surface area contributed by atoms with E-state index < -0.39 is 10.2 Å². The third-order valence-corrected chi connectivity index (χ3v) is 6.54. The molecule has 8 heteroatoms. The molecule has 0 atom stereocenters. The maximum atomic E-state index is 12.5. The Hall–Kier alpha value is -1.48. The third-order valence-electron chi connectivity index (χ3n) is 4.36. The van der Waals surface area contributed by atoms with Crippen LogP contribution in [0.1, 0.15) is 19.4 Å². The second-order valence-corrected chi connectivity index (χ2v) is 8.11. The van der Waals surface area contributed by atoms with Gasteiger partial charge in [-0.15, -0.1) is 0 Å². The molecule has 1 aliphatic heterocycles. The van der Waals surface area contributed by atoms with Gasteiger partial charge in [0, 0.05) is 45.0 Å². The fourth-order valence-electron chi connectivity index (χ4n) is 2.96. The summed E-state index contributed by atoms with van der Waals surface area (Å²) >= 11 is 0. The average Bonchev–Trinajstić information content (AvgIpc) is 2.56. The number of hydrogen-bond donors (Lipinski definition) is 1. The van der Waals surface area contributed by atoms with Crippen molar-refractivity contribution in [2.75, 3.05) is 51.1 Å². The van der Waals surface area contributed by atoms with Crippen molar-refractivity contribution in [1.29, 1.82) is 0 Å². The molecule has 1 heterocycles. The number of amides is 1. The highest BCUT2D eigenvalue weighted by atomic mass is 32.2. The van der Waals surface area contributed by atoms with E-state index >= 15 is 0 Å². The summed E-state index contributed by atoms with van der Waals surface area (Å²) in [7, 11) is -3.39. The van der Waals surface area contributed by atoms with Crippen LogP contribution in [-0.2, 0) is 15.0 Å². The molecule has 0 radical (unpaired) electrons. The molecule has 25 heavy (non-hydrogen) atoms. The molecule has 140 valence electrons. The van der Waals surface area contributed by atoms with Crippen LogP contribution in [0.3, 0.4) is 0 Å². The predicted molar refractivity (Wildman–Crippen MR) is 99.7 cm³/mol. The molecule has 7 nitrogen and oxygen atoms in total. The van der Waals surface area contributed by atoms with Crippen LogP contribution in [0.5, 0.6) is 0 Å². The monoisotopic (exact) mass is 368 g/mol. The molecule has 1 amide bonds. The first-order chi connectivity index (χ1) is 11.9. The van der Waals surface area contributed by atoms with Crippen molar-refractivity contribution in [3.63, 3.8) is 0 Å². The van der Waals surface area contributed by atoms with Gasteiger partial charge < -0.3 is 5.32 Å². The predicted octanol–water partition coefficient (Wildman–Crippen LogP) is 1.14. The van der Waals surface area contributed by atoms with Gasteiger partial charge in [0.15, 0.2) is 0 Å². The van der Waals surface area contributed by atoms with Crippen LogP contribution in [0.15, 0.2) is 24.3 Å². The summed E-state index contributed by atoms with van der Waals surface area (Å²) in [6.45, 7) is 8.81. The molecule has 0 spiro atoms. The smallest absolute Gasteiger partial charge is 0.282 e. The highest BCUT2D eigenvalue weighted by Crippen LogP contribution is 2.13. The highest BCUT2D eigenvalue weighted by Gasteiger charge is 2.31. The summed E-state index contributed by atoms with van der Waals surface area (Å²) in [5, 5.41) is 2.89. The van der Waals surface area contributed by atoms with Gasteiger partial charge in [-0.3, -0.25) is 9.69 Å². The van der Waals surface area contributed by atoms with E-state index in [1.165, 1.54) is 8.61 Å². The summed E-state index contributed by atoms with van der Waals surface area (Å²) in [6, 6.07) is 7.67. The Bertz CT molecular complexity index is 681. The normalized spacial score (nSPS) is 17.0. The molecule has 0 aromatic heterocycles. The maximum absolute atomic E-state index is 12.5. The topological polar surface area (TPSA) is 73.0 Å². The first-order valence-electron chi connectivity index (χ1n) is 8.71. The van der Waals surface area contributed by atoms with Gasteiger partial charge in [0.1, 0.15) is 0 Å². The highest BCUT2D eigenvalue weighted by molar-refractivity contribution is 7.86. The Balaban J connectivity index is 1.85. The number of nitrogens with one attached hydrogen (secondary N) is 1. The number of benzene rings is 1. The van der Waals surface area contributed by atoms with Gasteiger partial charge in [0.25, 0.3) is 10.2 Å². The van der Waals surface area contributed by atoms with Crippen molar-refractivity contribution in [2.45, 2.75) is 20.8 Å². The Morgan fingerprint density at radius 3 is 2.36 bits per heavy atom. The molecular formula is C17H28N4O3S. The Kier molecular flexibility index (Phi) is 6.95. The molecule has 1 fully saturated rings. The van der Waals surface area contributed by atoms with E-state index in [2.05, 4.69) is 5.32 Å². The Morgan fingerprint density at radius 2 is 1.80 bits per heavy atom. The van der Waals surface area contributed by atoms with E-state index in [1.807, 2.05) is 49.9 Å². The maximum Gasteiger partial charge on any atom is 0.282 e. The van der Waals surface area contributed by atoms with Crippen molar-refractivity contribution in [2.24, 2.45) is 0 Å². The number of rotatable bonds is 7. The van der Waals surface area contributed by atoms with E-state index in [-0.39, 0.29) is 12.5 Å². The fraction of sp³-hybridized carbons (Fsp3) is 0.588. The van der Waals surface area contributed by atoms with E-state index in [9.17, 15) is 13.2 Å². The molecule has 1 saturated heterocycles. The van der Waals surface area contributed by atoms with Gasteiger partial charge in [-0.2, -0.15) is 17.0 Å². The summed E-state index contributed by atoms with van der Waals surface area (Å²) < 4.78 is 28.0. The van der Waals surface area contributed by atoms with E-state index in [4.69, 9.17) is 0 Å². The minimum atomic E-state index is -3.39. The molecule has 2 rings (SSSR count). The zero-order valence-electron chi connectivity index (χ0n) is 15.2. The third kappa shape index (κ3) is 5.24. The molecule has 1 aromatic carbocycles. The number of piperazine rings is 1. The van der Waals surface area contributed by atoms with Crippen LogP contribution in [0.2, 0.25) is 0 Å². The number of nitrogens with zero attached hydrogens (tertiary/aromatic N) is 3. The number of hydrogen-bond acceptors (Lipinski definition) is 4. The van der Waals surface area contributed by atoms with Gasteiger partial charge in [0.2, 0.25) is 5.91 Å². The van der Waals surface area contributed by atoms with Gasteiger partial charge in [-0.1, -0.05) is 26.0 Å². The summed E-state index contributed by atoms with van der Waals surface area (Å²) in [5.74, 6) is -0.0781. The second-order valence-electron chi connectivity index (χ2n) is 6.18. The largest absolute Gasteiger partial charge is 0.325 e. The molecule has 1 aliphatic rings. The van der Waals surface area contributed by atoms with Crippen molar-refractivity contribution in [1.82, 2.24) is 13.5 Å². The van der Waals surface area contributed by atoms with Crippen LogP contribution in [0, 0.1) is 6.92 Å². The number of anilines is 1. The van der Waals surface area contributed by atoms with Crippen molar-refractivity contribution >= 4 is 21.8 Å². The van der Waals surface area contributed by atoms with Gasteiger partial charge in [-0.25, -0.2) is 0 Å². The van der Waals surface area contributed by atoms with Crippen LogP contribution in [0.4, 0.5) is 5.69 Å². The van der Waals surface area contributed by atoms with Gasteiger partial charge in [-0.05, 0) is 24.6 Å². The first kappa shape index (κ1) is 19.8. The number of carbonyl (C=O) groups is 1. The molecule has 1 aromatic rings. The van der Waals surface area contributed by atoms with Gasteiger partial charge >= 0.3 is 0 Å². The lowest BCUT2D eigenvalue weighted by atomic mass is 10.2. The summed E-state index contributed by atoms with van der Waals surface area (Å²) in [6.07, 6.45) is 0. The molecule has 0 bridgehead atoms. The van der Waals surface area contributed by atoms with Crippen molar-refractivity contribution in [3.05, 3.63) is 29.8 Å². The zero-order chi connectivity index (χ0) is 18.4. The SMILES string of the molecule is CCN(CC)S(=O)(=O)N1CCN(CC(=O)Nc2cccc(C)c2)CC1. The summed E-state index contributed by atoms with van der Waals surface area (Å²) in [4.78, 5) is 14.2. The molecule has 0 saturated carbocycles. The first-order valence-corrected chi connectivity index (χ1v) is 10.1. The zero-order valence-corrected chi connectivity index (χ0v) is 16.1. The molecule has 0 unspecified atom stereocenters. The van der Waals surface area contributed by atoms with Gasteiger partial charge in [0.05, 0.1) is 6.54 Å². The van der Waals surface area contributed by atoms with Crippen molar-refractivity contribution in [3.8, 4) is 0 Å². The van der Waals surface area contributed by atoms with E-state index in [0.29, 0.717) is 39.3 Å². The Morgan fingerprint density at radius 1 is 1.16 bits per heavy atom.